The average Bonchev–Trinajstić information content (AvgIpc) is 2.90. The van der Waals surface area contributed by atoms with Gasteiger partial charge in [-0.05, 0) is 0 Å². The highest BCUT2D eigenvalue weighted by atomic mass is 32.2. The molecule has 9 heteroatoms. The summed E-state index contributed by atoms with van der Waals surface area (Å²) in [4.78, 5) is 18.1. The molecule has 1 fully saturated rings. The minimum atomic E-state index is -3.40. The number of carbonyl (C=O) groups is 1. The monoisotopic (exact) mass is 288 g/mol. The van der Waals surface area contributed by atoms with Crippen molar-refractivity contribution >= 4 is 21.9 Å². The molecule has 2 heterocycles. The molecule has 0 saturated carbocycles. The quantitative estimate of drug-likeness (QED) is 0.753. The molecule has 2 rings (SSSR count). The van der Waals surface area contributed by atoms with Gasteiger partial charge in [-0.3, -0.25) is 10.1 Å². The normalized spacial score (nSPS) is 17.3. The summed E-state index contributed by atoms with van der Waals surface area (Å²) in [7, 11) is -3.40. The fraction of sp³-hybridized carbons (Fsp3) is 0.600. The molecule has 0 unspecified atom stereocenters. The molecule has 19 heavy (non-hydrogen) atoms. The van der Waals surface area contributed by atoms with Gasteiger partial charge in [-0.2, -0.15) is 4.31 Å². The van der Waals surface area contributed by atoms with E-state index in [4.69, 9.17) is 4.74 Å². The predicted octanol–water partition coefficient (Wildman–Crippen LogP) is -0.600. The maximum atomic E-state index is 12.0. The number of H-pyrrole nitrogens is 1. The van der Waals surface area contributed by atoms with Crippen LogP contribution < -0.4 is 5.32 Å². The van der Waals surface area contributed by atoms with E-state index in [-0.39, 0.29) is 18.1 Å². The molecule has 1 aliphatic heterocycles. The summed E-state index contributed by atoms with van der Waals surface area (Å²) >= 11 is 0. The number of imidazole rings is 1. The Morgan fingerprint density at radius 1 is 1.47 bits per heavy atom. The summed E-state index contributed by atoms with van der Waals surface area (Å²) in [6, 6.07) is 0. The Morgan fingerprint density at radius 2 is 2.21 bits per heavy atom. The lowest BCUT2D eigenvalue weighted by Gasteiger charge is -2.25. The second kappa shape index (κ2) is 6.13. The van der Waals surface area contributed by atoms with Gasteiger partial charge in [0.15, 0.2) is 0 Å². The Morgan fingerprint density at radius 3 is 2.84 bits per heavy atom. The van der Waals surface area contributed by atoms with Crippen LogP contribution in [-0.4, -0.2) is 60.7 Å². The van der Waals surface area contributed by atoms with Crippen LogP contribution in [0.1, 0.15) is 6.42 Å². The Kier molecular flexibility index (Phi) is 4.51. The highest BCUT2D eigenvalue weighted by Crippen LogP contribution is 2.07. The minimum absolute atomic E-state index is 0.0968. The van der Waals surface area contributed by atoms with Crippen LogP contribution in [0.2, 0.25) is 0 Å². The third kappa shape index (κ3) is 4.01. The van der Waals surface area contributed by atoms with Crippen LogP contribution in [0.25, 0.3) is 0 Å². The molecule has 1 saturated heterocycles. The third-order valence-electron chi connectivity index (χ3n) is 2.71. The first-order valence-electron chi connectivity index (χ1n) is 5.93. The molecule has 2 N–H and O–H groups in total. The number of hydrogen-bond acceptors (Lipinski definition) is 5. The van der Waals surface area contributed by atoms with Gasteiger partial charge in [0.1, 0.15) is 0 Å². The maximum absolute atomic E-state index is 12.0. The molecule has 0 aromatic carbocycles. The molecular weight excluding hydrogens is 272 g/mol. The van der Waals surface area contributed by atoms with Crippen LogP contribution in [0.3, 0.4) is 0 Å². The van der Waals surface area contributed by atoms with Crippen LogP contribution in [0.4, 0.5) is 5.95 Å². The van der Waals surface area contributed by atoms with Crippen LogP contribution in [0.5, 0.6) is 0 Å². The number of sulfonamides is 1. The number of aromatic amines is 1. The molecular formula is C10H16N4O4S. The smallest absolute Gasteiger partial charge is 0.227 e. The van der Waals surface area contributed by atoms with Crippen molar-refractivity contribution in [1.29, 1.82) is 0 Å². The molecule has 0 atom stereocenters. The fourth-order valence-corrected chi connectivity index (χ4v) is 3.11. The van der Waals surface area contributed by atoms with E-state index in [9.17, 15) is 13.2 Å². The molecule has 106 valence electrons. The molecule has 0 spiro atoms. The predicted molar refractivity (Wildman–Crippen MR) is 68.0 cm³/mol. The van der Waals surface area contributed by atoms with E-state index in [1.54, 1.807) is 6.20 Å². The van der Waals surface area contributed by atoms with Crippen molar-refractivity contribution in [1.82, 2.24) is 14.3 Å². The summed E-state index contributed by atoms with van der Waals surface area (Å²) in [5, 5.41) is 2.48. The highest BCUT2D eigenvalue weighted by molar-refractivity contribution is 7.89. The Balaban J connectivity index is 1.81. The minimum Gasteiger partial charge on any atom is -0.379 e. The maximum Gasteiger partial charge on any atom is 0.227 e. The molecule has 1 amide bonds. The SMILES string of the molecule is O=C(CCS(=O)(=O)N1CCOCC1)Nc1ncc[nH]1. The Labute approximate surface area is 111 Å². The number of aromatic nitrogens is 2. The van der Waals surface area contributed by atoms with E-state index in [1.807, 2.05) is 0 Å². The summed E-state index contributed by atoms with van der Waals surface area (Å²) in [6.45, 7) is 1.50. The summed E-state index contributed by atoms with van der Waals surface area (Å²) in [5.41, 5.74) is 0. The van der Waals surface area contributed by atoms with Gasteiger partial charge in [-0.15, -0.1) is 0 Å². The lowest BCUT2D eigenvalue weighted by Crippen LogP contribution is -2.42. The number of amides is 1. The first-order chi connectivity index (χ1) is 9.08. The van der Waals surface area contributed by atoms with E-state index in [0.29, 0.717) is 32.3 Å². The number of carbonyl (C=O) groups excluding carboxylic acids is 1. The zero-order valence-electron chi connectivity index (χ0n) is 10.3. The third-order valence-corrected chi connectivity index (χ3v) is 4.58. The van der Waals surface area contributed by atoms with Crippen molar-refractivity contribution in [2.24, 2.45) is 0 Å². The number of ether oxygens (including phenoxy) is 1. The van der Waals surface area contributed by atoms with E-state index in [0.717, 1.165) is 0 Å². The fourth-order valence-electron chi connectivity index (χ4n) is 1.70. The van der Waals surface area contributed by atoms with E-state index in [2.05, 4.69) is 15.3 Å². The van der Waals surface area contributed by atoms with Crippen molar-refractivity contribution in [2.75, 3.05) is 37.4 Å². The van der Waals surface area contributed by atoms with Crippen molar-refractivity contribution in [3.63, 3.8) is 0 Å². The van der Waals surface area contributed by atoms with Gasteiger partial charge >= 0.3 is 0 Å². The standard InChI is InChI=1S/C10H16N4O4S/c15-9(13-10-11-2-3-12-10)1-8-19(16,17)14-4-6-18-7-5-14/h2-3H,1,4-8H2,(H2,11,12,13,15). The van der Waals surface area contributed by atoms with E-state index in [1.165, 1.54) is 10.5 Å². The van der Waals surface area contributed by atoms with Crippen LogP contribution in [-0.2, 0) is 19.6 Å². The van der Waals surface area contributed by atoms with Crippen LogP contribution >= 0.6 is 0 Å². The lowest BCUT2D eigenvalue weighted by atomic mass is 10.4. The van der Waals surface area contributed by atoms with E-state index < -0.39 is 10.0 Å². The first-order valence-corrected chi connectivity index (χ1v) is 7.54. The van der Waals surface area contributed by atoms with Crippen LogP contribution in [0, 0.1) is 0 Å². The number of hydrogen-bond donors (Lipinski definition) is 2. The summed E-state index contributed by atoms with van der Waals surface area (Å²) in [6.07, 6.45) is 2.97. The van der Waals surface area contributed by atoms with Crippen molar-refractivity contribution in [2.45, 2.75) is 6.42 Å². The van der Waals surface area contributed by atoms with Gasteiger partial charge in [0, 0.05) is 31.9 Å². The van der Waals surface area contributed by atoms with Gasteiger partial charge < -0.3 is 9.72 Å². The molecule has 1 aliphatic rings. The Hall–Kier alpha value is -1.45. The number of anilines is 1. The average molecular weight is 288 g/mol. The van der Waals surface area contributed by atoms with Crippen molar-refractivity contribution < 1.29 is 17.9 Å². The number of nitrogens with one attached hydrogen (secondary N) is 2. The number of nitrogens with zero attached hydrogens (tertiary/aromatic N) is 2. The lowest BCUT2D eigenvalue weighted by molar-refractivity contribution is -0.115. The topological polar surface area (TPSA) is 104 Å². The van der Waals surface area contributed by atoms with Gasteiger partial charge in [0.25, 0.3) is 0 Å². The van der Waals surface area contributed by atoms with Crippen molar-refractivity contribution in [3.8, 4) is 0 Å². The van der Waals surface area contributed by atoms with E-state index >= 15 is 0 Å². The van der Waals surface area contributed by atoms with Gasteiger partial charge in [0.05, 0.1) is 19.0 Å². The number of morpholine rings is 1. The molecule has 0 aliphatic carbocycles. The molecule has 8 nitrogen and oxygen atoms in total. The van der Waals surface area contributed by atoms with Gasteiger partial charge in [0.2, 0.25) is 21.9 Å². The molecule has 1 aromatic heterocycles. The Bertz CT molecular complexity index is 508. The van der Waals surface area contributed by atoms with Crippen molar-refractivity contribution in [3.05, 3.63) is 12.4 Å². The van der Waals surface area contributed by atoms with Gasteiger partial charge in [-0.25, -0.2) is 13.4 Å². The van der Waals surface area contributed by atoms with Gasteiger partial charge in [-0.1, -0.05) is 0 Å². The summed E-state index contributed by atoms with van der Waals surface area (Å²) < 4.78 is 30.4. The van der Waals surface area contributed by atoms with Crippen LogP contribution in [0.15, 0.2) is 12.4 Å². The largest absolute Gasteiger partial charge is 0.379 e. The summed E-state index contributed by atoms with van der Waals surface area (Å²) in [5.74, 6) is -0.278. The first kappa shape index (κ1) is 14.0. The highest BCUT2D eigenvalue weighted by Gasteiger charge is 2.24. The molecule has 1 aromatic rings. The molecule has 0 bridgehead atoms. The zero-order valence-corrected chi connectivity index (χ0v) is 11.1. The zero-order chi connectivity index (χ0) is 13.7. The number of rotatable bonds is 5. The second-order valence-electron chi connectivity index (χ2n) is 4.06. The second-order valence-corrected chi connectivity index (χ2v) is 6.15. The molecule has 0 radical (unpaired) electrons.